The van der Waals surface area contributed by atoms with Gasteiger partial charge in [-0.15, -0.1) is 0 Å². The van der Waals surface area contributed by atoms with E-state index in [1.165, 1.54) is 38.9 Å². The van der Waals surface area contributed by atoms with E-state index >= 15 is 0 Å². The number of rotatable bonds is 8. The van der Waals surface area contributed by atoms with Crippen LogP contribution in [0.1, 0.15) is 26.2 Å². The van der Waals surface area contributed by atoms with Crippen LogP contribution in [0.5, 0.6) is 0 Å². The van der Waals surface area contributed by atoms with Crippen LogP contribution in [-0.4, -0.2) is 51.3 Å². The smallest absolute Gasteiger partial charge is 0.0587 e. The van der Waals surface area contributed by atoms with Crippen molar-refractivity contribution in [2.45, 2.75) is 26.2 Å². The first-order valence-electron chi connectivity index (χ1n) is 6.28. The summed E-state index contributed by atoms with van der Waals surface area (Å²) in [6.45, 7) is 9.13. The van der Waals surface area contributed by atoms with E-state index < -0.39 is 0 Å². The standard InChI is InChI=1S/C12H26N2O/c1-3-12-5-9-14(11-12)8-4-6-13-7-10-15-2/h12-13H,3-11H2,1-2H3. The molecule has 1 fully saturated rings. The zero-order chi connectivity index (χ0) is 10.9. The lowest BCUT2D eigenvalue weighted by atomic mass is 10.1. The fraction of sp³-hybridized carbons (Fsp3) is 1.00. The molecule has 1 saturated heterocycles. The summed E-state index contributed by atoms with van der Waals surface area (Å²) in [7, 11) is 1.75. The predicted octanol–water partition coefficient (Wildman–Crippen LogP) is 1.34. The van der Waals surface area contributed by atoms with Crippen LogP contribution in [0.2, 0.25) is 0 Å². The van der Waals surface area contributed by atoms with Gasteiger partial charge in [-0.1, -0.05) is 13.3 Å². The maximum absolute atomic E-state index is 4.98. The molecule has 3 heteroatoms. The summed E-state index contributed by atoms with van der Waals surface area (Å²) in [6.07, 6.45) is 4.02. The van der Waals surface area contributed by atoms with Gasteiger partial charge in [0.1, 0.15) is 0 Å². The molecule has 1 unspecified atom stereocenters. The number of likely N-dealkylation sites (tertiary alicyclic amines) is 1. The summed E-state index contributed by atoms with van der Waals surface area (Å²) in [5, 5.41) is 3.38. The van der Waals surface area contributed by atoms with Crippen LogP contribution >= 0.6 is 0 Å². The zero-order valence-electron chi connectivity index (χ0n) is 10.3. The van der Waals surface area contributed by atoms with Crippen LogP contribution in [-0.2, 0) is 4.74 Å². The lowest BCUT2D eigenvalue weighted by Crippen LogP contribution is -2.27. The van der Waals surface area contributed by atoms with E-state index in [0.29, 0.717) is 0 Å². The molecule has 0 amide bonds. The summed E-state index contributed by atoms with van der Waals surface area (Å²) in [5.74, 6) is 0.964. The van der Waals surface area contributed by atoms with Gasteiger partial charge in [0.2, 0.25) is 0 Å². The van der Waals surface area contributed by atoms with Crippen molar-refractivity contribution >= 4 is 0 Å². The second-order valence-electron chi connectivity index (χ2n) is 4.46. The normalized spacial score (nSPS) is 22.4. The SMILES string of the molecule is CCC1CCN(CCCNCCOC)C1. The molecule has 1 aliphatic heterocycles. The number of ether oxygens (including phenoxy) is 1. The van der Waals surface area contributed by atoms with Crippen LogP contribution in [0.4, 0.5) is 0 Å². The highest BCUT2D eigenvalue weighted by molar-refractivity contribution is 4.74. The first-order chi connectivity index (χ1) is 7.36. The van der Waals surface area contributed by atoms with E-state index in [1.807, 2.05) is 0 Å². The summed E-state index contributed by atoms with van der Waals surface area (Å²) in [5.41, 5.74) is 0. The van der Waals surface area contributed by atoms with Gasteiger partial charge in [0, 0.05) is 20.2 Å². The van der Waals surface area contributed by atoms with Gasteiger partial charge in [0.15, 0.2) is 0 Å². The largest absolute Gasteiger partial charge is 0.383 e. The zero-order valence-corrected chi connectivity index (χ0v) is 10.3. The monoisotopic (exact) mass is 214 g/mol. The first-order valence-corrected chi connectivity index (χ1v) is 6.28. The van der Waals surface area contributed by atoms with Crippen LogP contribution in [0.15, 0.2) is 0 Å². The molecule has 0 radical (unpaired) electrons. The minimum absolute atomic E-state index is 0.821. The van der Waals surface area contributed by atoms with E-state index in [0.717, 1.165) is 25.6 Å². The Balaban J connectivity index is 1.88. The lowest BCUT2D eigenvalue weighted by molar-refractivity contribution is 0.198. The van der Waals surface area contributed by atoms with E-state index in [4.69, 9.17) is 4.74 Å². The molecule has 90 valence electrons. The summed E-state index contributed by atoms with van der Waals surface area (Å²) < 4.78 is 4.98. The number of methoxy groups -OCH3 is 1. The maximum Gasteiger partial charge on any atom is 0.0587 e. The quantitative estimate of drug-likeness (QED) is 0.617. The fourth-order valence-corrected chi connectivity index (χ4v) is 2.18. The van der Waals surface area contributed by atoms with Crippen LogP contribution in [0, 0.1) is 5.92 Å². The molecule has 3 nitrogen and oxygen atoms in total. The van der Waals surface area contributed by atoms with Crippen molar-refractivity contribution in [3.8, 4) is 0 Å². The van der Waals surface area contributed by atoms with Crippen molar-refractivity contribution in [1.82, 2.24) is 10.2 Å². The highest BCUT2D eigenvalue weighted by Crippen LogP contribution is 2.18. The average molecular weight is 214 g/mol. The minimum Gasteiger partial charge on any atom is -0.383 e. The molecule has 0 aliphatic carbocycles. The molecular formula is C12H26N2O. The molecule has 0 bridgehead atoms. The average Bonchev–Trinajstić information content (AvgIpc) is 2.71. The van der Waals surface area contributed by atoms with Gasteiger partial charge in [-0.25, -0.2) is 0 Å². The highest BCUT2D eigenvalue weighted by atomic mass is 16.5. The Morgan fingerprint density at radius 2 is 2.27 bits per heavy atom. The van der Waals surface area contributed by atoms with Gasteiger partial charge in [0.05, 0.1) is 6.61 Å². The summed E-state index contributed by atoms with van der Waals surface area (Å²) >= 11 is 0. The topological polar surface area (TPSA) is 24.5 Å². The lowest BCUT2D eigenvalue weighted by Gasteiger charge is -2.15. The molecule has 0 saturated carbocycles. The number of nitrogens with zero attached hydrogens (tertiary/aromatic N) is 1. The Kier molecular flexibility index (Phi) is 6.98. The molecule has 1 heterocycles. The Morgan fingerprint density at radius 3 is 2.93 bits per heavy atom. The van der Waals surface area contributed by atoms with Crippen molar-refractivity contribution in [3.05, 3.63) is 0 Å². The number of hydrogen-bond donors (Lipinski definition) is 1. The molecule has 1 rings (SSSR count). The van der Waals surface area contributed by atoms with Gasteiger partial charge in [-0.05, 0) is 38.4 Å². The molecular weight excluding hydrogens is 188 g/mol. The van der Waals surface area contributed by atoms with Crippen molar-refractivity contribution in [2.75, 3.05) is 46.4 Å². The van der Waals surface area contributed by atoms with Gasteiger partial charge < -0.3 is 15.0 Å². The summed E-state index contributed by atoms with van der Waals surface area (Å²) in [4.78, 5) is 2.60. The fourth-order valence-electron chi connectivity index (χ4n) is 2.18. The predicted molar refractivity (Wildman–Crippen MR) is 64.2 cm³/mol. The Bertz CT molecular complexity index is 153. The van der Waals surface area contributed by atoms with Crippen molar-refractivity contribution in [3.63, 3.8) is 0 Å². The maximum atomic E-state index is 4.98. The third kappa shape index (κ3) is 5.50. The molecule has 1 N–H and O–H groups in total. The number of nitrogens with one attached hydrogen (secondary N) is 1. The van der Waals surface area contributed by atoms with Gasteiger partial charge >= 0.3 is 0 Å². The first kappa shape index (κ1) is 12.9. The van der Waals surface area contributed by atoms with Crippen molar-refractivity contribution < 1.29 is 4.74 Å². The Hall–Kier alpha value is -0.120. The van der Waals surface area contributed by atoms with E-state index in [2.05, 4.69) is 17.1 Å². The van der Waals surface area contributed by atoms with Crippen LogP contribution < -0.4 is 5.32 Å². The van der Waals surface area contributed by atoms with E-state index in [9.17, 15) is 0 Å². The third-order valence-electron chi connectivity index (χ3n) is 3.26. The van der Waals surface area contributed by atoms with Crippen LogP contribution in [0.3, 0.4) is 0 Å². The molecule has 0 aromatic carbocycles. The highest BCUT2D eigenvalue weighted by Gasteiger charge is 2.19. The van der Waals surface area contributed by atoms with Crippen molar-refractivity contribution in [2.24, 2.45) is 5.92 Å². The molecule has 1 atom stereocenters. The Labute approximate surface area is 94.2 Å². The van der Waals surface area contributed by atoms with Crippen LogP contribution in [0.25, 0.3) is 0 Å². The van der Waals surface area contributed by atoms with Gasteiger partial charge in [-0.3, -0.25) is 0 Å². The second-order valence-corrected chi connectivity index (χ2v) is 4.46. The van der Waals surface area contributed by atoms with Gasteiger partial charge in [-0.2, -0.15) is 0 Å². The second kappa shape index (κ2) is 8.08. The van der Waals surface area contributed by atoms with Gasteiger partial charge in [0.25, 0.3) is 0 Å². The molecule has 1 aliphatic rings. The minimum atomic E-state index is 0.821. The number of hydrogen-bond acceptors (Lipinski definition) is 3. The Morgan fingerprint density at radius 1 is 1.40 bits per heavy atom. The third-order valence-corrected chi connectivity index (χ3v) is 3.26. The van der Waals surface area contributed by atoms with E-state index in [1.54, 1.807) is 7.11 Å². The molecule has 0 aromatic heterocycles. The van der Waals surface area contributed by atoms with Crippen molar-refractivity contribution in [1.29, 1.82) is 0 Å². The summed E-state index contributed by atoms with van der Waals surface area (Å²) in [6, 6.07) is 0. The molecule has 15 heavy (non-hydrogen) atoms. The molecule has 0 spiro atoms. The van der Waals surface area contributed by atoms with E-state index in [-0.39, 0.29) is 0 Å². The molecule has 0 aromatic rings.